The number of rotatable bonds is 11. The highest BCUT2D eigenvalue weighted by Crippen LogP contribution is 2.32. The SMILES string of the molecule is COCCN(CCn1c(=O)c2cc(F)c(NC3CCCCC3)cc2n(C2CCCC2)c1=O)CC(=O)O. The predicted molar refractivity (Wildman–Crippen MR) is 136 cm³/mol. The lowest BCUT2D eigenvalue weighted by Gasteiger charge is -2.25. The molecule has 0 amide bonds. The molecule has 2 aliphatic carbocycles. The van der Waals surface area contributed by atoms with Crippen molar-refractivity contribution in [3.8, 4) is 0 Å². The van der Waals surface area contributed by atoms with Gasteiger partial charge in [-0.1, -0.05) is 32.1 Å². The largest absolute Gasteiger partial charge is 0.480 e. The van der Waals surface area contributed by atoms with Crippen molar-refractivity contribution >= 4 is 22.6 Å². The third-order valence-electron chi connectivity index (χ3n) is 7.52. The van der Waals surface area contributed by atoms with Gasteiger partial charge in [-0.2, -0.15) is 0 Å². The van der Waals surface area contributed by atoms with Crippen LogP contribution in [0.25, 0.3) is 10.9 Å². The monoisotopic (exact) mass is 504 g/mol. The number of hydrogen-bond acceptors (Lipinski definition) is 6. The van der Waals surface area contributed by atoms with Crippen molar-refractivity contribution in [2.24, 2.45) is 0 Å². The topological polar surface area (TPSA) is 106 Å². The molecule has 1 heterocycles. The number of benzene rings is 1. The summed E-state index contributed by atoms with van der Waals surface area (Å²) in [5, 5.41) is 12.7. The highest BCUT2D eigenvalue weighted by atomic mass is 19.1. The molecule has 10 heteroatoms. The Bertz CT molecular complexity index is 1180. The van der Waals surface area contributed by atoms with Crippen molar-refractivity contribution in [3.05, 3.63) is 38.8 Å². The molecule has 198 valence electrons. The predicted octanol–water partition coefficient (Wildman–Crippen LogP) is 3.20. The molecule has 0 spiro atoms. The van der Waals surface area contributed by atoms with Crippen LogP contribution in [0.5, 0.6) is 0 Å². The van der Waals surface area contributed by atoms with Crippen LogP contribution in [0.2, 0.25) is 0 Å². The van der Waals surface area contributed by atoms with E-state index in [1.807, 2.05) is 0 Å². The van der Waals surface area contributed by atoms with E-state index < -0.39 is 23.0 Å². The van der Waals surface area contributed by atoms with Gasteiger partial charge in [0.15, 0.2) is 0 Å². The van der Waals surface area contributed by atoms with Gasteiger partial charge in [0.2, 0.25) is 0 Å². The van der Waals surface area contributed by atoms with Crippen LogP contribution in [0.3, 0.4) is 0 Å². The molecule has 2 fully saturated rings. The van der Waals surface area contributed by atoms with Crippen molar-refractivity contribution in [3.63, 3.8) is 0 Å². The number of ether oxygens (including phenoxy) is 1. The van der Waals surface area contributed by atoms with Gasteiger partial charge in [0.25, 0.3) is 5.56 Å². The molecule has 2 aromatic rings. The fourth-order valence-corrected chi connectivity index (χ4v) is 5.61. The maximum absolute atomic E-state index is 15.2. The van der Waals surface area contributed by atoms with Crippen molar-refractivity contribution in [2.45, 2.75) is 76.4 Å². The van der Waals surface area contributed by atoms with Gasteiger partial charge in [-0.15, -0.1) is 0 Å². The second kappa shape index (κ2) is 12.0. The number of aliphatic carboxylic acids is 1. The van der Waals surface area contributed by atoms with E-state index in [4.69, 9.17) is 4.74 Å². The maximum atomic E-state index is 15.2. The Hall–Kier alpha value is -2.72. The minimum atomic E-state index is -1.000. The van der Waals surface area contributed by atoms with Crippen LogP contribution < -0.4 is 16.6 Å². The summed E-state index contributed by atoms with van der Waals surface area (Å²) in [6.45, 7) is 0.653. The minimum absolute atomic E-state index is 0.0149. The number of carboxylic acids is 1. The first-order valence-electron chi connectivity index (χ1n) is 13.1. The van der Waals surface area contributed by atoms with E-state index in [9.17, 15) is 19.5 Å². The summed E-state index contributed by atoms with van der Waals surface area (Å²) in [6, 6.07) is 3.03. The normalized spacial score (nSPS) is 17.3. The molecule has 4 rings (SSSR count). The van der Waals surface area contributed by atoms with Gasteiger partial charge < -0.3 is 15.2 Å². The number of anilines is 1. The average molecular weight is 505 g/mol. The summed E-state index contributed by atoms with van der Waals surface area (Å²) in [7, 11) is 1.53. The van der Waals surface area contributed by atoms with E-state index in [0.29, 0.717) is 24.4 Å². The molecule has 1 aromatic carbocycles. The molecular formula is C26H37FN4O5. The Morgan fingerprint density at radius 2 is 1.81 bits per heavy atom. The number of aromatic nitrogens is 2. The first-order valence-corrected chi connectivity index (χ1v) is 13.1. The smallest absolute Gasteiger partial charge is 0.331 e. The lowest BCUT2D eigenvalue weighted by atomic mass is 9.95. The van der Waals surface area contributed by atoms with E-state index in [1.54, 1.807) is 15.5 Å². The summed E-state index contributed by atoms with van der Waals surface area (Å²) in [5.41, 5.74) is -0.162. The Balaban J connectivity index is 1.73. The molecule has 0 unspecified atom stereocenters. The third kappa shape index (κ3) is 5.98. The molecule has 0 bridgehead atoms. The van der Waals surface area contributed by atoms with Crippen molar-refractivity contribution in [1.29, 1.82) is 0 Å². The van der Waals surface area contributed by atoms with Crippen LogP contribution in [0.15, 0.2) is 21.7 Å². The van der Waals surface area contributed by atoms with Crippen molar-refractivity contribution in [2.75, 3.05) is 38.7 Å². The first kappa shape index (κ1) is 26.3. The summed E-state index contributed by atoms with van der Waals surface area (Å²) < 4.78 is 23.1. The second-order valence-electron chi connectivity index (χ2n) is 10.0. The first-order chi connectivity index (χ1) is 17.4. The van der Waals surface area contributed by atoms with Crippen LogP contribution in [0.4, 0.5) is 10.1 Å². The third-order valence-corrected chi connectivity index (χ3v) is 7.52. The number of carbonyl (C=O) groups is 1. The van der Waals surface area contributed by atoms with Crippen LogP contribution >= 0.6 is 0 Å². The summed E-state index contributed by atoms with van der Waals surface area (Å²) in [6.07, 6.45) is 9.00. The van der Waals surface area contributed by atoms with E-state index in [1.165, 1.54) is 19.6 Å². The zero-order valence-electron chi connectivity index (χ0n) is 21.0. The molecule has 0 aliphatic heterocycles. The van der Waals surface area contributed by atoms with E-state index in [2.05, 4.69) is 5.32 Å². The van der Waals surface area contributed by atoms with Gasteiger partial charge in [-0.25, -0.2) is 9.18 Å². The number of nitrogens with zero attached hydrogens (tertiary/aromatic N) is 3. The molecule has 0 radical (unpaired) electrons. The van der Waals surface area contributed by atoms with Gasteiger partial charge in [0.1, 0.15) is 5.82 Å². The number of nitrogens with one attached hydrogen (secondary N) is 1. The Morgan fingerprint density at radius 3 is 2.47 bits per heavy atom. The quantitative estimate of drug-likeness (QED) is 0.484. The zero-order valence-corrected chi connectivity index (χ0v) is 21.0. The Morgan fingerprint density at radius 1 is 1.11 bits per heavy atom. The van der Waals surface area contributed by atoms with E-state index >= 15 is 4.39 Å². The van der Waals surface area contributed by atoms with E-state index in [0.717, 1.165) is 55.9 Å². The van der Waals surface area contributed by atoms with Crippen molar-refractivity contribution in [1.82, 2.24) is 14.0 Å². The zero-order chi connectivity index (χ0) is 25.7. The molecule has 1 aromatic heterocycles. The molecule has 2 aliphatic rings. The van der Waals surface area contributed by atoms with Gasteiger partial charge in [-0.05, 0) is 37.8 Å². The Kier molecular flexibility index (Phi) is 8.79. The molecule has 2 saturated carbocycles. The molecular weight excluding hydrogens is 467 g/mol. The number of halogens is 1. The molecule has 0 saturated heterocycles. The fraction of sp³-hybridized carbons (Fsp3) is 0.654. The van der Waals surface area contributed by atoms with Crippen LogP contribution in [-0.2, 0) is 16.1 Å². The molecule has 0 atom stereocenters. The van der Waals surface area contributed by atoms with Gasteiger partial charge in [0, 0.05) is 38.8 Å². The van der Waals surface area contributed by atoms with Gasteiger partial charge in [0.05, 0.1) is 29.7 Å². The van der Waals surface area contributed by atoms with E-state index in [-0.39, 0.29) is 37.1 Å². The lowest BCUT2D eigenvalue weighted by Crippen LogP contribution is -2.44. The van der Waals surface area contributed by atoms with Gasteiger partial charge >= 0.3 is 11.7 Å². The Labute approximate surface area is 209 Å². The maximum Gasteiger partial charge on any atom is 0.331 e. The summed E-state index contributed by atoms with van der Waals surface area (Å²) in [5.74, 6) is -1.50. The molecule has 36 heavy (non-hydrogen) atoms. The highest BCUT2D eigenvalue weighted by Gasteiger charge is 2.25. The van der Waals surface area contributed by atoms with Crippen LogP contribution in [0, 0.1) is 5.82 Å². The average Bonchev–Trinajstić information content (AvgIpc) is 3.38. The fourth-order valence-electron chi connectivity index (χ4n) is 5.61. The number of methoxy groups -OCH3 is 1. The lowest BCUT2D eigenvalue weighted by molar-refractivity contribution is -0.138. The number of carboxylic acid groups (broad SMARTS) is 1. The number of fused-ring (bicyclic) bond motifs is 1. The van der Waals surface area contributed by atoms with Gasteiger partial charge in [-0.3, -0.25) is 23.6 Å². The standard InChI is InChI=1S/C26H37FN4O5/c1-36-14-13-29(17-24(32)33)11-12-30-25(34)20-15-21(27)22(28-18-7-3-2-4-8-18)16-23(20)31(26(30)35)19-9-5-6-10-19/h15-16,18-19,28H,2-14,17H2,1H3,(H,32,33). The van der Waals surface area contributed by atoms with Crippen molar-refractivity contribution < 1.29 is 19.0 Å². The number of hydrogen-bond donors (Lipinski definition) is 2. The minimum Gasteiger partial charge on any atom is -0.480 e. The summed E-state index contributed by atoms with van der Waals surface area (Å²) in [4.78, 5) is 40.0. The molecule has 2 N–H and O–H groups in total. The highest BCUT2D eigenvalue weighted by molar-refractivity contribution is 5.82. The van der Waals surface area contributed by atoms with Crippen LogP contribution in [0.1, 0.15) is 63.8 Å². The molecule has 9 nitrogen and oxygen atoms in total. The second-order valence-corrected chi connectivity index (χ2v) is 10.0. The van der Waals surface area contributed by atoms with Crippen LogP contribution in [-0.4, -0.2) is 64.5 Å². The summed E-state index contributed by atoms with van der Waals surface area (Å²) >= 11 is 0.